The molecule has 10 nitrogen and oxygen atoms in total. The molecule has 0 saturated heterocycles. The first-order valence-electron chi connectivity index (χ1n) is 8.81. The molecule has 0 aliphatic heterocycles. The maximum Gasteiger partial charge on any atom is 0.358 e. The molecule has 0 amide bonds. The Kier molecular flexibility index (Phi) is 6.26. The lowest BCUT2D eigenvalue weighted by Gasteiger charge is -2.24. The van der Waals surface area contributed by atoms with Gasteiger partial charge in [-0.25, -0.2) is 14.8 Å². The van der Waals surface area contributed by atoms with Crippen molar-refractivity contribution in [2.75, 3.05) is 19.0 Å². The fourth-order valence-electron chi connectivity index (χ4n) is 2.74. The van der Waals surface area contributed by atoms with Gasteiger partial charge in [-0.05, 0) is 30.5 Å². The highest BCUT2D eigenvalue weighted by molar-refractivity contribution is 6.35. The van der Waals surface area contributed by atoms with Gasteiger partial charge in [0, 0.05) is 18.1 Å². The number of benzene rings is 1. The van der Waals surface area contributed by atoms with Crippen molar-refractivity contribution >= 4 is 29.1 Å². The van der Waals surface area contributed by atoms with E-state index in [2.05, 4.69) is 15.3 Å². The van der Waals surface area contributed by atoms with Gasteiger partial charge in [0.2, 0.25) is 0 Å². The molecule has 154 valence electrons. The number of nitrogens with one attached hydrogen (secondary N) is 1. The number of aromatic nitrogens is 2. The highest BCUT2D eigenvalue weighted by Gasteiger charge is 2.31. The number of carbonyl (C=O) groups excluding carboxylic acids is 1. The topological polar surface area (TPSA) is 148 Å². The number of rotatable bonds is 8. The molecule has 29 heavy (non-hydrogen) atoms. The Morgan fingerprint density at radius 1 is 1.38 bits per heavy atom. The van der Waals surface area contributed by atoms with E-state index in [9.17, 15) is 25.1 Å². The molecule has 0 bridgehead atoms. The van der Waals surface area contributed by atoms with Crippen molar-refractivity contribution in [3.63, 3.8) is 0 Å². The standard InChI is InChI=1S/C18H19ClN4O6/c1-29-18(26)14-13(19)17(22-16(21-14)10-2-3-10)20-12(8-24)15(25)9-4-6-11(7-5-9)23(27)28/h4-7,10,12,15,24-25H,2-3,8H2,1H3,(H,20,21,22)/t12-,15?/m0/s1. The van der Waals surface area contributed by atoms with E-state index in [1.54, 1.807) is 0 Å². The lowest BCUT2D eigenvalue weighted by molar-refractivity contribution is -0.384. The maximum atomic E-state index is 12.0. The van der Waals surface area contributed by atoms with Crippen LogP contribution < -0.4 is 5.32 Å². The number of aliphatic hydroxyl groups excluding tert-OH is 2. The third-order valence-corrected chi connectivity index (χ3v) is 4.89. The van der Waals surface area contributed by atoms with E-state index >= 15 is 0 Å². The van der Waals surface area contributed by atoms with Crippen molar-refractivity contribution in [3.8, 4) is 0 Å². The summed E-state index contributed by atoms with van der Waals surface area (Å²) in [5, 5.41) is 33.9. The first-order valence-corrected chi connectivity index (χ1v) is 9.19. The smallest absolute Gasteiger partial charge is 0.358 e. The van der Waals surface area contributed by atoms with Gasteiger partial charge in [-0.1, -0.05) is 11.6 Å². The monoisotopic (exact) mass is 422 g/mol. The number of ether oxygens (including phenoxy) is 1. The zero-order valence-corrected chi connectivity index (χ0v) is 16.2. The number of non-ortho nitro benzene ring substituents is 1. The molecule has 2 atom stereocenters. The van der Waals surface area contributed by atoms with Crippen molar-refractivity contribution in [1.29, 1.82) is 0 Å². The van der Waals surface area contributed by atoms with Crippen LogP contribution in [0.3, 0.4) is 0 Å². The fraction of sp³-hybridized carbons (Fsp3) is 0.389. The summed E-state index contributed by atoms with van der Waals surface area (Å²) < 4.78 is 4.71. The Morgan fingerprint density at radius 3 is 2.55 bits per heavy atom. The third-order valence-electron chi connectivity index (χ3n) is 4.54. The summed E-state index contributed by atoms with van der Waals surface area (Å²) in [6, 6.07) is 4.35. The van der Waals surface area contributed by atoms with Crippen LogP contribution in [0.5, 0.6) is 0 Å². The summed E-state index contributed by atoms with van der Waals surface area (Å²) in [6.45, 7) is -0.495. The summed E-state index contributed by atoms with van der Waals surface area (Å²) in [5.74, 6) is -0.0926. The van der Waals surface area contributed by atoms with Gasteiger partial charge in [-0.3, -0.25) is 10.1 Å². The number of hydrogen-bond donors (Lipinski definition) is 3. The van der Waals surface area contributed by atoms with Crippen LogP contribution in [0.25, 0.3) is 0 Å². The lowest BCUT2D eigenvalue weighted by Crippen LogP contribution is -2.32. The highest BCUT2D eigenvalue weighted by Crippen LogP contribution is 2.40. The van der Waals surface area contributed by atoms with Gasteiger partial charge < -0.3 is 20.3 Å². The molecule has 1 aromatic carbocycles. The molecule has 1 aromatic heterocycles. The molecule has 3 N–H and O–H groups in total. The molecule has 1 saturated carbocycles. The van der Waals surface area contributed by atoms with Crippen LogP contribution in [0.2, 0.25) is 5.02 Å². The quantitative estimate of drug-likeness (QED) is 0.330. The number of nitro groups is 1. The molecule has 1 aliphatic carbocycles. The molecule has 1 fully saturated rings. The average Bonchev–Trinajstić information content (AvgIpc) is 3.57. The predicted molar refractivity (Wildman–Crippen MR) is 103 cm³/mol. The van der Waals surface area contributed by atoms with Gasteiger partial charge in [0.15, 0.2) is 5.69 Å². The summed E-state index contributed by atoms with van der Waals surface area (Å²) >= 11 is 6.26. The molecule has 1 heterocycles. The molecule has 0 spiro atoms. The van der Waals surface area contributed by atoms with Crippen LogP contribution >= 0.6 is 11.6 Å². The number of halogens is 1. The normalized spacial score (nSPS) is 15.4. The van der Waals surface area contributed by atoms with E-state index in [-0.39, 0.29) is 28.1 Å². The second-order valence-corrected chi connectivity index (χ2v) is 6.96. The Morgan fingerprint density at radius 2 is 2.03 bits per heavy atom. The number of carbonyl (C=O) groups is 1. The SMILES string of the molecule is COC(=O)c1nc(C2CC2)nc(N[C@@H](CO)C(O)c2ccc([N+](=O)[O-])cc2)c1Cl. The number of nitro benzene ring substituents is 1. The molecular formula is C18H19ClN4O6. The minimum absolute atomic E-state index is 0.0870. The zero-order chi connectivity index (χ0) is 21.1. The summed E-state index contributed by atoms with van der Waals surface area (Å²) in [5.41, 5.74) is 0.128. The number of hydrogen-bond acceptors (Lipinski definition) is 9. The minimum atomic E-state index is -1.22. The summed E-state index contributed by atoms with van der Waals surface area (Å²) in [7, 11) is 1.21. The maximum absolute atomic E-state index is 12.0. The first kappa shape index (κ1) is 20.9. The van der Waals surface area contributed by atoms with E-state index in [0.717, 1.165) is 12.8 Å². The fourth-order valence-corrected chi connectivity index (χ4v) is 2.96. The van der Waals surface area contributed by atoms with Gasteiger partial charge in [-0.2, -0.15) is 0 Å². The Bertz CT molecular complexity index is 919. The number of esters is 1. The van der Waals surface area contributed by atoms with Crippen LogP contribution in [-0.2, 0) is 4.74 Å². The number of methoxy groups -OCH3 is 1. The van der Waals surface area contributed by atoms with Gasteiger partial charge in [0.1, 0.15) is 22.8 Å². The Balaban J connectivity index is 1.88. The number of anilines is 1. The zero-order valence-electron chi connectivity index (χ0n) is 15.4. The van der Waals surface area contributed by atoms with Crippen LogP contribution in [0.1, 0.15) is 46.7 Å². The minimum Gasteiger partial charge on any atom is -0.464 e. The molecule has 1 aliphatic rings. The molecule has 2 aromatic rings. The van der Waals surface area contributed by atoms with Crippen molar-refractivity contribution in [2.45, 2.75) is 30.9 Å². The van der Waals surface area contributed by atoms with E-state index < -0.39 is 29.6 Å². The van der Waals surface area contributed by atoms with Crippen molar-refractivity contribution in [3.05, 3.63) is 56.5 Å². The van der Waals surface area contributed by atoms with E-state index in [1.807, 2.05) is 0 Å². The first-order chi connectivity index (χ1) is 13.8. The Hall–Kier alpha value is -2.82. The lowest BCUT2D eigenvalue weighted by atomic mass is 10.0. The van der Waals surface area contributed by atoms with Crippen molar-refractivity contribution in [2.24, 2.45) is 0 Å². The van der Waals surface area contributed by atoms with Gasteiger partial charge in [0.25, 0.3) is 5.69 Å². The predicted octanol–water partition coefficient (Wildman–Crippen LogP) is 2.21. The number of aliphatic hydroxyl groups is 2. The largest absolute Gasteiger partial charge is 0.464 e. The van der Waals surface area contributed by atoms with Crippen LogP contribution in [0, 0.1) is 10.1 Å². The molecule has 11 heteroatoms. The molecular weight excluding hydrogens is 404 g/mol. The molecule has 0 radical (unpaired) electrons. The van der Waals surface area contributed by atoms with Crippen molar-refractivity contribution < 1.29 is 24.7 Å². The second-order valence-electron chi connectivity index (χ2n) is 6.59. The highest BCUT2D eigenvalue weighted by atomic mass is 35.5. The number of nitrogens with zero attached hydrogens (tertiary/aromatic N) is 3. The van der Waals surface area contributed by atoms with Crippen LogP contribution in [-0.4, -0.2) is 50.8 Å². The van der Waals surface area contributed by atoms with Crippen LogP contribution in [0.4, 0.5) is 11.5 Å². The van der Waals surface area contributed by atoms with Gasteiger partial charge in [-0.15, -0.1) is 0 Å². The van der Waals surface area contributed by atoms with Gasteiger partial charge >= 0.3 is 5.97 Å². The van der Waals surface area contributed by atoms with Gasteiger partial charge in [0.05, 0.1) is 24.7 Å². The average molecular weight is 423 g/mol. The molecule has 3 rings (SSSR count). The van der Waals surface area contributed by atoms with E-state index in [0.29, 0.717) is 11.4 Å². The Labute approximate surface area is 170 Å². The van der Waals surface area contributed by atoms with E-state index in [4.69, 9.17) is 16.3 Å². The summed E-state index contributed by atoms with van der Waals surface area (Å²) in [6.07, 6.45) is 0.547. The van der Waals surface area contributed by atoms with Crippen LogP contribution in [0.15, 0.2) is 24.3 Å². The van der Waals surface area contributed by atoms with E-state index in [1.165, 1.54) is 31.4 Å². The summed E-state index contributed by atoms with van der Waals surface area (Å²) in [4.78, 5) is 30.8. The second kappa shape index (κ2) is 8.68. The third kappa shape index (κ3) is 4.61. The van der Waals surface area contributed by atoms with Crippen molar-refractivity contribution in [1.82, 2.24) is 9.97 Å². The molecule has 1 unspecified atom stereocenters.